The van der Waals surface area contributed by atoms with E-state index in [-0.39, 0.29) is 17.0 Å². The van der Waals surface area contributed by atoms with Gasteiger partial charge < -0.3 is 4.57 Å². The van der Waals surface area contributed by atoms with Gasteiger partial charge in [-0.3, -0.25) is 0 Å². The van der Waals surface area contributed by atoms with Crippen LogP contribution in [0.15, 0.2) is 5.03 Å². The topological polar surface area (TPSA) is 64.0 Å². The molecule has 0 aliphatic carbocycles. The molecule has 1 atom stereocenters. The fourth-order valence-corrected chi connectivity index (χ4v) is 4.56. The lowest BCUT2D eigenvalue weighted by Crippen LogP contribution is -2.31. The molecule has 2 rings (SSSR count). The molecule has 1 N–H and O–H groups in total. The van der Waals surface area contributed by atoms with E-state index in [1.165, 1.54) is 0 Å². The van der Waals surface area contributed by atoms with Crippen molar-refractivity contribution in [3.63, 3.8) is 0 Å². The van der Waals surface area contributed by atoms with Crippen molar-refractivity contribution in [3.8, 4) is 0 Å². The molecular formula is C15H27N3O2S. The van der Waals surface area contributed by atoms with Gasteiger partial charge in [0.25, 0.3) is 10.0 Å². The second-order valence-electron chi connectivity index (χ2n) is 6.48. The normalized spacial score (nSPS) is 19.3. The summed E-state index contributed by atoms with van der Waals surface area (Å²) >= 11 is 0. The Balaban J connectivity index is 2.59. The maximum atomic E-state index is 12.6. The highest BCUT2D eigenvalue weighted by Gasteiger charge is 2.32. The van der Waals surface area contributed by atoms with Crippen LogP contribution in [0.3, 0.4) is 0 Å². The van der Waals surface area contributed by atoms with E-state index in [2.05, 4.69) is 35.0 Å². The van der Waals surface area contributed by atoms with Gasteiger partial charge in [0, 0.05) is 18.0 Å². The molecule has 1 unspecified atom stereocenters. The standard InChI is InChI=1S/C15H27N3O2S/c1-6-12-8-7-9-13-15(21(19,20)17-11(4)5)16-14(10(2)3)18(12)13/h10-12,17H,6-9H2,1-5H3. The zero-order chi connectivity index (χ0) is 15.8. The van der Waals surface area contributed by atoms with E-state index in [9.17, 15) is 8.42 Å². The number of fused-ring (bicyclic) bond motifs is 1. The number of imidazole rings is 1. The molecule has 6 heteroatoms. The third-order valence-electron chi connectivity index (χ3n) is 3.95. The quantitative estimate of drug-likeness (QED) is 0.909. The smallest absolute Gasteiger partial charge is 0.260 e. The van der Waals surface area contributed by atoms with Crippen LogP contribution in [0.25, 0.3) is 0 Å². The molecule has 0 spiro atoms. The molecule has 0 radical (unpaired) electrons. The summed E-state index contributed by atoms with van der Waals surface area (Å²) < 4.78 is 30.0. The Kier molecular flexibility index (Phi) is 4.78. The zero-order valence-electron chi connectivity index (χ0n) is 13.7. The number of aromatic nitrogens is 2. The van der Waals surface area contributed by atoms with E-state index in [1.807, 2.05) is 13.8 Å². The molecule has 0 bridgehead atoms. The Morgan fingerprint density at radius 1 is 1.33 bits per heavy atom. The fourth-order valence-electron chi connectivity index (χ4n) is 3.11. The van der Waals surface area contributed by atoms with E-state index < -0.39 is 10.0 Å². The van der Waals surface area contributed by atoms with Gasteiger partial charge in [-0.25, -0.2) is 18.1 Å². The fraction of sp³-hybridized carbons (Fsp3) is 0.800. The van der Waals surface area contributed by atoms with Gasteiger partial charge in [0.05, 0.1) is 5.69 Å². The number of nitrogens with one attached hydrogen (secondary N) is 1. The maximum absolute atomic E-state index is 12.6. The monoisotopic (exact) mass is 313 g/mol. The van der Waals surface area contributed by atoms with Crippen molar-refractivity contribution >= 4 is 10.0 Å². The molecule has 2 heterocycles. The average molecular weight is 313 g/mol. The van der Waals surface area contributed by atoms with E-state index >= 15 is 0 Å². The van der Waals surface area contributed by atoms with Crippen molar-refractivity contribution in [1.29, 1.82) is 0 Å². The largest absolute Gasteiger partial charge is 0.327 e. The summed E-state index contributed by atoms with van der Waals surface area (Å²) in [4.78, 5) is 4.53. The molecule has 5 nitrogen and oxygen atoms in total. The number of sulfonamides is 1. The zero-order valence-corrected chi connectivity index (χ0v) is 14.5. The van der Waals surface area contributed by atoms with Crippen molar-refractivity contribution in [1.82, 2.24) is 14.3 Å². The average Bonchev–Trinajstić information content (AvgIpc) is 2.77. The van der Waals surface area contributed by atoms with Gasteiger partial charge in [-0.2, -0.15) is 0 Å². The summed E-state index contributed by atoms with van der Waals surface area (Å²) in [6.45, 7) is 9.97. The second-order valence-corrected chi connectivity index (χ2v) is 8.11. The van der Waals surface area contributed by atoms with Gasteiger partial charge >= 0.3 is 0 Å². The molecular weight excluding hydrogens is 286 g/mol. The molecule has 0 aromatic carbocycles. The first-order valence-electron chi connectivity index (χ1n) is 7.91. The number of nitrogens with zero attached hydrogens (tertiary/aromatic N) is 2. The minimum atomic E-state index is -3.53. The van der Waals surface area contributed by atoms with Gasteiger partial charge in [-0.15, -0.1) is 0 Å². The molecule has 0 amide bonds. The van der Waals surface area contributed by atoms with Crippen molar-refractivity contribution in [2.75, 3.05) is 0 Å². The maximum Gasteiger partial charge on any atom is 0.260 e. The highest BCUT2D eigenvalue weighted by molar-refractivity contribution is 7.89. The molecule has 0 fully saturated rings. The Morgan fingerprint density at radius 3 is 2.52 bits per heavy atom. The first-order chi connectivity index (χ1) is 9.77. The second kappa shape index (κ2) is 6.08. The first-order valence-corrected chi connectivity index (χ1v) is 9.39. The number of hydrogen-bond acceptors (Lipinski definition) is 3. The van der Waals surface area contributed by atoms with Crippen LogP contribution in [0.1, 0.15) is 77.4 Å². The van der Waals surface area contributed by atoms with Crippen LogP contribution >= 0.6 is 0 Å². The third kappa shape index (κ3) is 3.16. The molecule has 21 heavy (non-hydrogen) atoms. The Labute approximate surface area is 128 Å². The van der Waals surface area contributed by atoms with Crippen LogP contribution in [0.4, 0.5) is 0 Å². The highest BCUT2D eigenvalue weighted by Crippen LogP contribution is 2.35. The van der Waals surface area contributed by atoms with Gasteiger partial charge in [-0.1, -0.05) is 20.8 Å². The lowest BCUT2D eigenvalue weighted by atomic mass is 10.00. The van der Waals surface area contributed by atoms with Crippen LogP contribution in [0.5, 0.6) is 0 Å². The van der Waals surface area contributed by atoms with Crippen LogP contribution in [0, 0.1) is 0 Å². The van der Waals surface area contributed by atoms with E-state index in [4.69, 9.17) is 0 Å². The number of hydrogen-bond donors (Lipinski definition) is 1. The summed E-state index contributed by atoms with van der Waals surface area (Å²) in [5, 5.41) is 0.248. The molecule has 1 aromatic rings. The van der Waals surface area contributed by atoms with Crippen molar-refractivity contribution in [2.45, 2.75) is 83.3 Å². The predicted molar refractivity (Wildman–Crippen MR) is 84.0 cm³/mol. The van der Waals surface area contributed by atoms with Gasteiger partial charge in [-0.05, 0) is 39.5 Å². The van der Waals surface area contributed by atoms with Crippen LogP contribution in [0.2, 0.25) is 0 Å². The van der Waals surface area contributed by atoms with Crippen molar-refractivity contribution in [3.05, 3.63) is 11.5 Å². The van der Waals surface area contributed by atoms with E-state index in [1.54, 1.807) is 0 Å². The van der Waals surface area contributed by atoms with Crippen molar-refractivity contribution in [2.24, 2.45) is 0 Å². The molecule has 1 aromatic heterocycles. The lowest BCUT2D eigenvalue weighted by molar-refractivity contribution is 0.373. The van der Waals surface area contributed by atoms with Crippen molar-refractivity contribution < 1.29 is 8.42 Å². The Morgan fingerprint density at radius 2 is 2.00 bits per heavy atom. The van der Waals surface area contributed by atoms with Gasteiger partial charge in [0.1, 0.15) is 5.82 Å². The first kappa shape index (κ1) is 16.5. The Bertz CT molecular complexity index is 603. The molecule has 1 aliphatic heterocycles. The lowest BCUT2D eigenvalue weighted by Gasteiger charge is -2.27. The van der Waals surface area contributed by atoms with Gasteiger partial charge in [0.2, 0.25) is 0 Å². The summed E-state index contributed by atoms with van der Waals surface area (Å²) in [5.41, 5.74) is 0.893. The summed E-state index contributed by atoms with van der Waals surface area (Å²) in [6.07, 6.45) is 3.95. The van der Waals surface area contributed by atoms with Gasteiger partial charge in [0.15, 0.2) is 5.03 Å². The SMILES string of the molecule is CCC1CCCc2c(S(=O)(=O)NC(C)C)nc(C(C)C)n21. The third-order valence-corrected chi connectivity index (χ3v) is 5.57. The van der Waals surface area contributed by atoms with E-state index in [0.29, 0.717) is 6.04 Å². The molecule has 120 valence electrons. The summed E-state index contributed by atoms with van der Waals surface area (Å²) in [5.74, 6) is 1.12. The van der Waals surface area contributed by atoms with Crippen LogP contribution < -0.4 is 4.72 Å². The molecule has 0 saturated heterocycles. The summed E-state index contributed by atoms with van der Waals surface area (Å²) in [7, 11) is -3.53. The summed E-state index contributed by atoms with van der Waals surface area (Å²) in [6, 6.07) is 0.252. The number of rotatable bonds is 5. The van der Waals surface area contributed by atoms with Crippen LogP contribution in [-0.4, -0.2) is 24.0 Å². The molecule has 0 saturated carbocycles. The van der Waals surface area contributed by atoms with E-state index in [0.717, 1.165) is 37.2 Å². The minimum absolute atomic E-state index is 0.125. The minimum Gasteiger partial charge on any atom is -0.327 e. The highest BCUT2D eigenvalue weighted by atomic mass is 32.2. The molecule has 1 aliphatic rings. The van der Waals surface area contributed by atoms with Crippen LogP contribution in [-0.2, 0) is 16.4 Å². The predicted octanol–water partition coefficient (Wildman–Crippen LogP) is 2.98. The Hall–Kier alpha value is -0.880.